The highest BCUT2D eigenvalue weighted by Gasteiger charge is 2.28. The first-order chi connectivity index (χ1) is 11.8. The van der Waals surface area contributed by atoms with Crippen LogP contribution in [0.5, 0.6) is 0 Å². The van der Waals surface area contributed by atoms with Crippen LogP contribution in [0.15, 0.2) is 35.3 Å². The van der Waals surface area contributed by atoms with Crippen LogP contribution in [0.2, 0.25) is 0 Å². The molecule has 0 fully saturated rings. The van der Waals surface area contributed by atoms with Gasteiger partial charge in [0.2, 0.25) is 0 Å². The molecule has 0 aliphatic carbocycles. The second-order valence-electron chi connectivity index (χ2n) is 5.13. The van der Waals surface area contributed by atoms with Gasteiger partial charge in [0.25, 0.3) is 5.56 Å². The van der Waals surface area contributed by atoms with Crippen molar-refractivity contribution in [2.45, 2.75) is 0 Å². The van der Waals surface area contributed by atoms with E-state index in [0.29, 0.717) is 5.39 Å². The summed E-state index contributed by atoms with van der Waals surface area (Å²) < 4.78 is 14.6. The first kappa shape index (κ1) is 16.1. The summed E-state index contributed by atoms with van der Waals surface area (Å²) in [6.45, 7) is 0. The van der Waals surface area contributed by atoms with Crippen LogP contribution >= 0.6 is 0 Å². The molecule has 9 heteroatoms. The maximum Gasteiger partial charge on any atom is 0.342 e. The lowest BCUT2D eigenvalue weighted by Crippen LogP contribution is -2.24. The van der Waals surface area contributed by atoms with Gasteiger partial charge in [0, 0.05) is 28.8 Å². The molecule has 3 rings (SSSR count). The summed E-state index contributed by atoms with van der Waals surface area (Å²) in [5, 5.41) is 19.1. The Kier molecular flexibility index (Phi) is 3.68. The van der Waals surface area contributed by atoms with Crippen molar-refractivity contribution in [3.05, 3.63) is 57.8 Å². The van der Waals surface area contributed by atoms with Crippen molar-refractivity contribution in [1.82, 2.24) is 9.97 Å². The maximum absolute atomic E-state index is 14.6. The molecular weight excluding hydrogens is 333 g/mol. The third-order valence-corrected chi connectivity index (χ3v) is 3.63. The van der Waals surface area contributed by atoms with E-state index in [1.165, 1.54) is 12.3 Å². The summed E-state index contributed by atoms with van der Waals surface area (Å²) in [6, 6.07) is 5.42. The minimum atomic E-state index is -1.70. The number of nitrogens with one attached hydrogen (secondary N) is 1. The number of hydrogen-bond donors (Lipinski definition) is 4. The lowest BCUT2D eigenvalue weighted by Gasteiger charge is -2.13. The number of benzene rings is 1. The van der Waals surface area contributed by atoms with Gasteiger partial charge in [0.1, 0.15) is 22.8 Å². The van der Waals surface area contributed by atoms with Crippen LogP contribution in [0, 0.1) is 5.82 Å². The van der Waals surface area contributed by atoms with Gasteiger partial charge in [-0.15, -0.1) is 0 Å². The standard InChI is InChI=1S/C16H10FN3O5/c17-8-5-9-6(2-1-3-19-9)4-7(8)10-11(15(22)23)13(18)20-14(21)12(10)16(24)25/h1-5H,(H,22,23)(H,24,25)(H3,18,20,21). The van der Waals surface area contributed by atoms with Crippen LogP contribution < -0.4 is 11.3 Å². The number of H-pyrrole nitrogens is 1. The van der Waals surface area contributed by atoms with Gasteiger partial charge >= 0.3 is 11.9 Å². The highest BCUT2D eigenvalue weighted by molar-refractivity contribution is 6.08. The number of aromatic amines is 1. The van der Waals surface area contributed by atoms with Gasteiger partial charge < -0.3 is 20.9 Å². The van der Waals surface area contributed by atoms with Crippen molar-refractivity contribution >= 4 is 28.7 Å². The smallest absolute Gasteiger partial charge is 0.342 e. The Morgan fingerprint density at radius 1 is 1.16 bits per heavy atom. The summed E-state index contributed by atoms with van der Waals surface area (Å²) >= 11 is 0. The Morgan fingerprint density at radius 3 is 2.48 bits per heavy atom. The SMILES string of the molecule is Nc1[nH]c(=O)c(C(=O)O)c(-c2cc3cccnc3cc2F)c1C(=O)O. The van der Waals surface area contributed by atoms with Gasteiger partial charge in [-0.3, -0.25) is 9.78 Å². The molecule has 2 heterocycles. The molecule has 126 valence electrons. The number of anilines is 1. The van der Waals surface area contributed by atoms with E-state index in [9.17, 15) is 29.0 Å². The molecule has 0 aliphatic rings. The fraction of sp³-hybridized carbons (Fsp3) is 0. The zero-order chi connectivity index (χ0) is 18.3. The quantitative estimate of drug-likeness (QED) is 0.566. The molecule has 5 N–H and O–H groups in total. The Bertz CT molecular complexity index is 1110. The third-order valence-electron chi connectivity index (χ3n) is 3.63. The van der Waals surface area contributed by atoms with E-state index < -0.39 is 45.8 Å². The molecule has 8 nitrogen and oxygen atoms in total. The molecule has 0 saturated carbocycles. The first-order valence-electron chi connectivity index (χ1n) is 6.88. The average Bonchev–Trinajstić information content (AvgIpc) is 2.52. The summed E-state index contributed by atoms with van der Waals surface area (Å²) in [5.74, 6) is -4.80. The lowest BCUT2D eigenvalue weighted by molar-refractivity contribution is 0.0695. The number of pyridine rings is 2. The van der Waals surface area contributed by atoms with E-state index >= 15 is 0 Å². The molecule has 1 aromatic carbocycles. The number of nitrogens with zero attached hydrogens (tertiary/aromatic N) is 1. The number of carboxylic acid groups (broad SMARTS) is 2. The van der Waals surface area contributed by atoms with Gasteiger partial charge in [-0.05, 0) is 12.1 Å². The number of aromatic nitrogens is 2. The molecule has 25 heavy (non-hydrogen) atoms. The van der Waals surface area contributed by atoms with Crippen molar-refractivity contribution in [1.29, 1.82) is 0 Å². The number of halogens is 1. The number of nitrogen functional groups attached to an aromatic ring is 1. The van der Waals surface area contributed by atoms with E-state index in [0.717, 1.165) is 6.07 Å². The average molecular weight is 343 g/mol. The number of nitrogens with two attached hydrogens (primary N) is 1. The zero-order valence-corrected chi connectivity index (χ0v) is 12.4. The second-order valence-corrected chi connectivity index (χ2v) is 5.13. The van der Waals surface area contributed by atoms with Gasteiger partial charge in [-0.2, -0.15) is 0 Å². The highest BCUT2D eigenvalue weighted by atomic mass is 19.1. The molecule has 0 bridgehead atoms. The van der Waals surface area contributed by atoms with Crippen molar-refractivity contribution < 1.29 is 24.2 Å². The van der Waals surface area contributed by atoms with E-state index in [4.69, 9.17) is 5.73 Å². The summed E-state index contributed by atoms with van der Waals surface area (Å²) in [6.07, 6.45) is 1.44. The number of carbonyl (C=O) groups is 2. The van der Waals surface area contributed by atoms with Crippen LogP contribution in [0.4, 0.5) is 10.2 Å². The van der Waals surface area contributed by atoms with Gasteiger partial charge in [-0.25, -0.2) is 14.0 Å². The molecule has 0 unspecified atom stereocenters. The predicted octanol–water partition coefficient (Wildman–Crippen LogP) is 1.71. The number of hydrogen-bond acceptors (Lipinski definition) is 5. The lowest BCUT2D eigenvalue weighted by atomic mass is 9.94. The van der Waals surface area contributed by atoms with Crippen molar-refractivity contribution in [3.63, 3.8) is 0 Å². The normalized spacial score (nSPS) is 10.8. The Morgan fingerprint density at radius 2 is 1.84 bits per heavy atom. The second kappa shape index (κ2) is 5.71. The summed E-state index contributed by atoms with van der Waals surface area (Å²) in [7, 11) is 0. The number of aromatic carboxylic acids is 2. The van der Waals surface area contributed by atoms with E-state index in [1.807, 2.05) is 4.98 Å². The van der Waals surface area contributed by atoms with Crippen LogP contribution in [-0.2, 0) is 0 Å². The number of rotatable bonds is 3. The molecule has 2 aromatic heterocycles. The Balaban J connectivity index is 2.52. The largest absolute Gasteiger partial charge is 0.478 e. The van der Waals surface area contributed by atoms with Crippen molar-refractivity contribution in [2.24, 2.45) is 0 Å². The highest BCUT2D eigenvalue weighted by Crippen LogP contribution is 2.33. The Labute approximate surface area is 138 Å². The predicted molar refractivity (Wildman–Crippen MR) is 86.1 cm³/mol. The van der Waals surface area contributed by atoms with Gasteiger partial charge in [0.15, 0.2) is 0 Å². The first-order valence-corrected chi connectivity index (χ1v) is 6.88. The molecule has 0 aliphatic heterocycles. The molecular formula is C16H10FN3O5. The van der Waals surface area contributed by atoms with E-state index in [-0.39, 0.29) is 11.1 Å². The van der Waals surface area contributed by atoms with Crippen molar-refractivity contribution in [3.8, 4) is 11.1 Å². The molecule has 3 aromatic rings. The zero-order valence-electron chi connectivity index (χ0n) is 12.4. The van der Waals surface area contributed by atoms with Gasteiger partial charge in [0.05, 0.1) is 5.52 Å². The molecule has 0 atom stereocenters. The topological polar surface area (TPSA) is 146 Å². The van der Waals surface area contributed by atoms with Crippen LogP contribution in [0.3, 0.4) is 0 Å². The van der Waals surface area contributed by atoms with E-state index in [2.05, 4.69) is 4.98 Å². The molecule has 0 spiro atoms. The minimum Gasteiger partial charge on any atom is -0.478 e. The monoisotopic (exact) mass is 343 g/mol. The molecule has 0 amide bonds. The van der Waals surface area contributed by atoms with E-state index in [1.54, 1.807) is 12.1 Å². The maximum atomic E-state index is 14.6. The number of carboxylic acids is 2. The fourth-order valence-electron chi connectivity index (χ4n) is 2.60. The van der Waals surface area contributed by atoms with Crippen molar-refractivity contribution in [2.75, 3.05) is 5.73 Å². The molecule has 0 radical (unpaired) electrons. The Hall–Kier alpha value is -3.75. The van der Waals surface area contributed by atoms with Gasteiger partial charge in [-0.1, -0.05) is 6.07 Å². The number of fused-ring (bicyclic) bond motifs is 1. The third kappa shape index (κ3) is 2.57. The molecule has 0 saturated heterocycles. The fourth-order valence-corrected chi connectivity index (χ4v) is 2.60. The summed E-state index contributed by atoms with van der Waals surface area (Å²) in [5.41, 5.74) is 2.12. The summed E-state index contributed by atoms with van der Waals surface area (Å²) in [4.78, 5) is 40.9. The van der Waals surface area contributed by atoms with Crippen LogP contribution in [-0.4, -0.2) is 32.1 Å². The van der Waals surface area contributed by atoms with Crippen LogP contribution in [0.25, 0.3) is 22.0 Å². The minimum absolute atomic E-state index is 0.287. The van der Waals surface area contributed by atoms with Crippen LogP contribution in [0.1, 0.15) is 20.7 Å².